The van der Waals surface area contributed by atoms with Crippen LogP contribution >= 0.6 is 0 Å². The molecule has 1 aliphatic heterocycles. The Balaban J connectivity index is 1.93. The molecule has 5 heteroatoms. The van der Waals surface area contributed by atoms with Crippen LogP contribution in [0.2, 0.25) is 0 Å². The zero-order valence-corrected chi connectivity index (χ0v) is 12.3. The van der Waals surface area contributed by atoms with Crippen molar-refractivity contribution in [1.29, 1.82) is 0 Å². The van der Waals surface area contributed by atoms with E-state index < -0.39 is 0 Å². The van der Waals surface area contributed by atoms with E-state index in [1.807, 2.05) is 11.8 Å². The Labute approximate surface area is 123 Å². The first kappa shape index (κ1) is 15.6. The Kier molecular flexibility index (Phi) is 5.07. The molecule has 4 nitrogen and oxygen atoms in total. The molecule has 0 N–H and O–H groups in total. The van der Waals surface area contributed by atoms with Gasteiger partial charge in [-0.25, -0.2) is 4.39 Å². The Morgan fingerprint density at radius 2 is 1.81 bits per heavy atom. The fourth-order valence-corrected chi connectivity index (χ4v) is 2.72. The molecule has 1 unspecified atom stereocenters. The van der Waals surface area contributed by atoms with Crippen LogP contribution in [0.5, 0.6) is 0 Å². The molecule has 1 saturated heterocycles. The highest BCUT2D eigenvalue weighted by molar-refractivity contribution is 5.97. The largest absolute Gasteiger partial charge is 0.468 e. The van der Waals surface area contributed by atoms with Gasteiger partial charge in [-0.1, -0.05) is 0 Å². The molecule has 0 aliphatic carbocycles. The maximum atomic E-state index is 12.9. The van der Waals surface area contributed by atoms with Gasteiger partial charge in [0.15, 0.2) is 5.78 Å². The van der Waals surface area contributed by atoms with Crippen molar-refractivity contribution in [1.82, 2.24) is 4.90 Å². The van der Waals surface area contributed by atoms with Gasteiger partial charge in [0.1, 0.15) is 11.9 Å². The normalized spacial score (nSPS) is 18.2. The van der Waals surface area contributed by atoms with E-state index in [0.717, 1.165) is 0 Å². The van der Waals surface area contributed by atoms with E-state index in [9.17, 15) is 14.0 Å². The van der Waals surface area contributed by atoms with Crippen molar-refractivity contribution in [3.63, 3.8) is 0 Å². The number of carbonyl (C=O) groups is 2. The summed E-state index contributed by atoms with van der Waals surface area (Å²) in [5, 5.41) is 0. The van der Waals surface area contributed by atoms with Crippen molar-refractivity contribution >= 4 is 11.8 Å². The van der Waals surface area contributed by atoms with Crippen molar-refractivity contribution in [3.05, 3.63) is 35.6 Å². The minimum atomic E-state index is -0.340. The molecular formula is C16H20FNO3. The van der Waals surface area contributed by atoms with Gasteiger partial charge in [-0.3, -0.25) is 14.5 Å². The summed E-state index contributed by atoms with van der Waals surface area (Å²) in [5.74, 6) is -0.594. The molecule has 0 saturated carbocycles. The summed E-state index contributed by atoms with van der Waals surface area (Å²) in [4.78, 5) is 25.9. The van der Waals surface area contributed by atoms with Gasteiger partial charge in [-0.2, -0.15) is 0 Å². The summed E-state index contributed by atoms with van der Waals surface area (Å²) < 4.78 is 17.6. The maximum absolute atomic E-state index is 12.9. The minimum Gasteiger partial charge on any atom is -0.468 e. The molecule has 0 spiro atoms. The lowest BCUT2D eigenvalue weighted by atomic mass is 9.88. The summed E-state index contributed by atoms with van der Waals surface area (Å²) in [7, 11) is 1.38. The second-order valence-electron chi connectivity index (χ2n) is 5.38. The summed E-state index contributed by atoms with van der Waals surface area (Å²) in [6, 6.07) is 5.39. The second kappa shape index (κ2) is 6.80. The Morgan fingerprint density at radius 3 is 2.33 bits per heavy atom. The molecule has 1 heterocycles. The van der Waals surface area contributed by atoms with Gasteiger partial charge >= 0.3 is 5.97 Å². The zero-order chi connectivity index (χ0) is 15.4. The molecule has 1 aromatic rings. The van der Waals surface area contributed by atoms with Crippen molar-refractivity contribution in [2.75, 3.05) is 20.2 Å². The number of rotatable bonds is 4. The molecule has 1 fully saturated rings. The lowest BCUT2D eigenvalue weighted by Crippen LogP contribution is -2.45. The van der Waals surface area contributed by atoms with E-state index in [1.165, 1.54) is 31.4 Å². The van der Waals surface area contributed by atoms with Crippen LogP contribution in [0.4, 0.5) is 4.39 Å². The van der Waals surface area contributed by atoms with Gasteiger partial charge in [-0.15, -0.1) is 0 Å². The Bertz CT molecular complexity index is 507. The van der Waals surface area contributed by atoms with Crippen molar-refractivity contribution in [2.45, 2.75) is 25.8 Å². The third-order valence-corrected chi connectivity index (χ3v) is 4.12. The SMILES string of the molecule is COC(=O)C(C)N1CCC(C(=O)c2ccc(F)cc2)CC1. The van der Waals surface area contributed by atoms with Crippen molar-refractivity contribution < 1.29 is 18.7 Å². The average molecular weight is 293 g/mol. The Hall–Kier alpha value is -1.75. The number of ketones is 1. The van der Waals surface area contributed by atoms with Crippen LogP contribution in [0.1, 0.15) is 30.1 Å². The van der Waals surface area contributed by atoms with Crippen molar-refractivity contribution in [3.8, 4) is 0 Å². The summed E-state index contributed by atoms with van der Waals surface area (Å²) in [5.41, 5.74) is 0.552. The van der Waals surface area contributed by atoms with Gasteiger partial charge in [0.2, 0.25) is 0 Å². The van der Waals surface area contributed by atoms with Gasteiger partial charge in [0.25, 0.3) is 0 Å². The number of methoxy groups -OCH3 is 1. The highest BCUT2D eigenvalue weighted by Crippen LogP contribution is 2.23. The number of nitrogens with zero attached hydrogens (tertiary/aromatic N) is 1. The summed E-state index contributed by atoms with van der Waals surface area (Å²) in [6.45, 7) is 3.19. The van der Waals surface area contributed by atoms with Crippen LogP contribution in [0.25, 0.3) is 0 Å². The molecule has 0 bridgehead atoms. The van der Waals surface area contributed by atoms with E-state index in [-0.39, 0.29) is 29.5 Å². The molecule has 1 aromatic carbocycles. The first-order valence-corrected chi connectivity index (χ1v) is 7.14. The first-order valence-electron chi connectivity index (χ1n) is 7.14. The monoisotopic (exact) mass is 293 g/mol. The van der Waals surface area contributed by atoms with Crippen LogP contribution in [0.15, 0.2) is 24.3 Å². The van der Waals surface area contributed by atoms with Crippen LogP contribution in [-0.4, -0.2) is 42.9 Å². The molecule has 1 aliphatic rings. The number of benzene rings is 1. The standard InChI is InChI=1S/C16H20FNO3/c1-11(16(20)21-2)18-9-7-13(8-10-18)15(19)12-3-5-14(17)6-4-12/h3-6,11,13H,7-10H2,1-2H3. The third kappa shape index (κ3) is 3.67. The van der Waals surface area contributed by atoms with Crippen molar-refractivity contribution in [2.24, 2.45) is 5.92 Å². The predicted octanol–water partition coefficient (Wildman–Crippen LogP) is 2.28. The number of ether oxygens (including phenoxy) is 1. The van der Waals surface area contributed by atoms with Crippen LogP contribution < -0.4 is 0 Å². The number of carbonyl (C=O) groups excluding carboxylic acids is 2. The predicted molar refractivity (Wildman–Crippen MR) is 76.5 cm³/mol. The number of esters is 1. The molecule has 2 rings (SSSR count). The summed E-state index contributed by atoms with van der Waals surface area (Å²) in [6.07, 6.45) is 1.41. The molecule has 0 aromatic heterocycles. The first-order chi connectivity index (χ1) is 10.0. The van der Waals surface area contributed by atoms with Gasteiger partial charge in [-0.05, 0) is 57.1 Å². The molecule has 1 atom stereocenters. The van der Waals surface area contributed by atoms with E-state index in [1.54, 1.807) is 0 Å². The number of hydrogen-bond acceptors (Lipinski definition) is 4. The highest BCUT2D eigenvalue weighted by Gasteiger charge is 2.30. The number of halogens is 1. The molecule has 0 amide bonds. The van der Waals surface area contributed by atoms with E-state index in [0.29, 0.717) is 31.5 Å². The number of likely N-dealkylation sites (tertiary alicyclic amines) is 1. The van der Waals surface area contributed by atoms with Crippen LogP contribution in [0, 0.1) is 11.7 Å². The molecule has 0 radical (unpaired) electrons. The topological polar surface area (TPSA) is 46.6 Å². The smallest absolute Gasteiger partial charge is 0.322 e. The van der Waals surface area contributed by atoms with Gasteiger partial charge in [0.05, 0.1) is 7.11 Å². The molecule has 21 heavy (non-hydrogen) atoms. The van der Waals surface area contributed by atoms with Crippen LogP contribution in [0.3, 0.4) is 0 Å². The lowest BCUT2D eigenvalue weighted by Gasteiger charge is -2.34. The quantitative estimate of drug-likeness (QED) is 0.631. The third-order valence-electron chi connectivity index (χ3n) is 4.12. The molecular weight excluding hydrogens is 273 g/mol. The average Bonchev–Trinajstić information content (AvgIpc) is 2.53. The fourth-order valence-electron chi connectivity index (χ4n) is 2.72. The number of piperidine rings is 1. The second-order valence-corrected chi connectivity index (χ2v) is 5.38. The van der Waals surface area contributed by atoms with Gasteiger partial charge < -0.3 is 4.74 Å². The summed E-state index contributed by atoms with van der Waals surface area (Å²) >= 11 is 0. The lowest BCUT2D eigenvalue weighted by molar-refractivity contribution is -0.146. The zero-order valence-electron chi connectivity index (χ0n) is 12.3. The Morgan fingerprint density at radius 1 is 1.24 bits per heavy atom. The van der Waals surface area contributed by atoms with E-state index in [2.05, 4.69) is 0 Å². The van der Waals surface area contributed by atoms with Gasteiger partial charge in [0, 0.05) is 11.5 Å². The number of Topliss-reactive ketones (excluding diaryl/α,β-unsaturated/α-hetero) is 1. The van der Waals surface area contributed by atoms with E-state index in [4.69, 9.17) is 4.74 Å². The maximum Gasteiger partial charge on any atom is 0.322 e. The van der Waals surface area contributed by atoms with E-state index >= 15 is 0 Å². The minimum absolute atomic E-state index is 0.0559. The van der Waals surface area contributed by atoms with Crippen LogP contribution in [-0.2, 0) is 9.53 Å². The number of hydrogen-bond donors (Lipinski definition) is 0. The molecule has 114 valence electrons. The highest BCUT2D eigenvalue weighted by atomic mass is 19.1. The fraction of sp³-hybridized carbons (Fsp3) is 0.500.